The third-order valence-corrected chi connectivity index (χ3v) is 5.99. The van der Waals surface area contributed by atoms with Crippen LogP contribution < -0.4 is 5.32 Å². The van der Waals surface area contributed by atoms with Crippen LogP contribution in [0.5, 0.6) is 0 Å². The number of hydrogen-bond acceptors (Lipinski definition) is 5. The third kappa shape index (κ3) is 3.35. The minimum absolute atomic E-state index is 0.280. The Labute approximate surface area is 131 Å². The monoisotopic (exact) mass is 320 g/mol. The smallest absolute Gasteiger partial charge is 0.109 e. The lowest BCUT2D eigenvalue weighted by Gasteiger charge is -2.21. The standard InChI is InChI=1S/C15H16N2S3/c1-11(15-16-6-9-20-15)17-13(14-5-3-8-19-14)10-12-4-2-7-18-12/h2-9,11,13,17H,10H2,1H3. The summed E-state index contributed by atoms with van der Waals surface area (Å²) >= 11 is 5.35. The summed E-state index contributed by atoms with van der Waals surface area (Å²) in [5.41, 5.74) is 0. The number of nitrogens with one attached hydrogen (secondary N) is 1. The normalized spacial score (nSPS) is 14.2. The molecule has 0 aromatic carbocycles. The van der Waals surface area contributed by atoms with Gasteiger partial charge in [0.25, 0.3) is 0 Å². The van der Waals surface area contributed by atoms with Crippen molar-refractivity contribution in [3.05, 3.63) is 61.4 Å². The van der Waals surface area contributed by atoms with E-state index in [1.165, 1.54) is 9.75 Å². The molecule has 104 valence electrons. The average molecular weight is 321 g/mol. The maximum atomic E-state index is 4.41. The first kappa shape index (κ1) is 13.9. The van der Waals surface area contributed by atoms with Gasteiger partial charge in [-0.3, -0.25) is 0 Å². The average Bonchev–Trinajstić information content (AvgIpc) is 3.20. The summed E-state index contributed by atoms with van der Waals surface area (Å²) in [5, 5.41) is 11.2. The highest BCUT2D eigenvalue weighted by Crippen LogP contribution is 2.28. The van der Waals surface area contributed by atoms with Crippen LogP contribution in [0.2, 0.25) is 0 Å². The zero-order chi connectivity index (χ0) is 13.8. The van der Waals surface area contributed by atoms with Crippen LogP contribution in [0.1, 0.15) is 33.8 Å². The molecule has 5 heteroatoms. The SMILES string of the molecule is CC(NC(Cc1cccs1)c1cccs1)c1nccs1. The topological polar surface area (TPSA) is 24.9 Å². The van der Waals surface area contributed by atoms with Gasteiger partial charge in [-0.1, -0.05) is 12.1 Å². The maximum Gasteiger partial charge on any atom is 0.109 e. The molecule has 3 heterocycles. The zero-order valence-electron chi connectivity index (χ0n) is 11.2. The van der Waals surface area contributed by atoms with Gasteiger partial charge in [0.05, 0.1) is 6.04 Å². The molecular formula is C15H16N2S3. The Bertz CT molecular complexity index is 600. The molecule has 0 aliphatic rings. The fourth-order valence-electron chi connectivity index (χ4n) is 2.18. The Balaban J connectivity index is 1.75. The number of thiazole rings is 1. The van der Waals surface area contributed by atoms with Crippen LogP contribution >= 0.6 is 34.0 Å². The second kappa shape index (κ2) is 6.63. The fourth-order valence-corrected chi connectivity index (χ4v) is 4.38. The van der Waals surface area contributed by atoms with Gasteiger partial charge >= 0.3 is 0 Å². The van der Waals surface area contributed by atoms with Crippen molar-refractivity contribution in [1.29, 1.82) is 0 Å². The second-order valence-corrected chi connectivity index (χ2v) is 7.55. The molecule has 0 saturated heterocycles. The van der Waals surface area contributed by atoms with Gasteiger partial charge < -0.3 is 5.32 Å². The van der Waals surface area contributed by atoms with E-state index < -0.39 is 0 Å². The zero-order valence-corrected chi connectivity index (χ0v) is 13.6. The van der Waals surface area contributed by atoms with E-state index in [0.717, 1.165) is 11.4 Å². The van der Waals surface area contributed by atoms with Crippen LogP contribution in [0.4, 0.5) is 0 Å². The molecule has 0 spiro atoms. The summed E-state index contributed by atoms with van der Waals surface area (Å²) in [5.74, 6) is 0. The lowest BCUT2D eigenvalue weighted by molar-refractivity contribution is 0.470. The summed E-state index contributed by atoms with van der Waals surface area (Å²) < 4.78 is 0. The number of thiophene rings is 2. The van der Waals surface area contributed by atoms with Crippen LogP contribution in [-0.2, 0) is 6.42 Å². The molecule has 0 saturated carbocycles. The van der Waals surface area contributed by atoms with Crippen molar-refractivity contribution in [2.24, 2.45) is 0 Å². The van der Waals surface area contributed by atoms with Crippen molar-refractivity contribution in [3.63, 3.8) is 0 Å². The summed E-state index contributed by atoms with van der Waals surface area (Å²) in [6.45, 7) is 2.19. The number of rotatable bonds is 6. The summed E-state index contributed by atoms with van der Waals surface area (Å²) in [4.78, 5) is 7.22. The molecule has 2 unspecified atom stereocenters. The van der Waals surface area contributed by atoms with Gasteiger partial charge in [0, 0.05) is 33.8 Å². The number of nitrogens with zero attached hydrogens (tertiary/aromatic N) is 1. The molecule has 3 aromatic heterocycles. The number of aromatic nitrogens is 1. The first-order valence-corrected chi connectivity index (χ1v) is 9.18. The molecule has 0 aliphatic carbocycles. The highest BCUT2D eigenvalue weighted by Gasteiger charge is 2.18. The van der Waals surface area contributed by atoms with E-state index in [9.17, 15) is 0 Å². The van der Waals surface area contributed by atoms with Crippen molar-refractivity contribution >= 4 is 34.0 Å². The van der Waals surface area contributed by atoms with Crippen molar-refractivity contribution in [3.8, 4) is 0 Å². The lowest BCUT2D eigenvalue weighted by atomic mass is 10.1. The first-order chi connectivity index (χ1) is 9.83. The van der Waals surface area contributed by atoms with E-state index >= 15 is 0 Å². The predicted octanol–water partition coefficient (Wildman–Crippen LogP) is 4.90. The predicted molar refractivity (Wildman–Crippen MR) is 88.7 cm³/mol. The molecule has 2 nitrogen and oxygen atoms in total. The van der Waals surface area contributed by atoms with Gasteiger partial charge in [0.15, 0.2) is 0 Å². The quantitative estimate of drug-likeness (QED) is 0.698. The van der Waals surface area contributed by atoms with Gasteiger partial charge in [0.1, 0.15) is 5.01 Å². The molecule has 0 bridgehead atoms. The number of hydrogen-bond donors (Lipinski definition) is 1. The lowest BCUT2D eigenvalue weighted by Crippen LogP contribution is -2.25. The molecule has 0 radical (unpaired) electrons. The van der Waals surface area contributed by atoms with Crippen LogP contribution in [0.25, 0.3) is 0 Å². The van der Waals surface area contributed by atoms with Crippen molar-refractivity contribution in [1.82, 2.24) is 10.3 Å². The Morgan fingerprint density at radius 2 is 1.95 bits per heavy atom. The van der Waals surface area contributed by atoms with Crippen LogP contribution in [0.15, 0.2) is 46.6 Å². The van der Waals surface area contributed by atoms with Gasteiger partial charge in [0.2, 0.25) is 0 Å². The molecule has 0 amide bonds. The van der Waals surface area contributed by atoms with Gasteiger partial charge in [-0.05, 0) is 29.8 Å². The molecule has 0 aliphatic heterocycles. The Hall–Kier alpha value is -1.01. The molecule has 1 N–H and O–H groups in total. The van der Waals surface area contributed by atoms with E-state index in [1.54, 1.807) is 11.3 Å². The Morgan fingerprint density at radius 1 is 1.10 bits per heavy atom. The molecular weight excluding hydrogens is 304 g/mol. The Kier molecular flexibility index (Phi) is 4.62. The Morgan fingerprint density at radius 3 is 2.60 bits per heavy atom. The molecule has 2 atom stereocenters. The van der Waals surface area contributed by atoms with E-state index in [2.05, 4.69) is 52.3 Å². The maximum absolute atomic E-state index is 4.41. The first-order valence-electron chi connectivity index (χ1n) is 6.54. The minimum Gasteiger partial charge on any atom is -0.300 e. The van der Waals surface area contributed by atoms with Crippen molar-refractivity contribution < 1.29 is 0 Å². The van der Waals surface area contributed by atoms with E-state index in [4.69, 9.17) is 0 Å². The molecule has 0 fully saturated rings. The van der Waals surface area contributed by atoms with Gasteiger partial charge in [-0.2, -0.15) is 0 Å². The molecule has 20 heavy (non-hydrogen) atoms. The van der Waals surface area contributed by atoms with Gasteiger partial charge in [-0.15, -0.1) is 34.0 Å². The van der Waals surface area contributed by atoms with Crippen LogP contribution in [0, 0.1) is 0 Å². The van der Waals surface area contributed by atoms with Crippen molar-refractivity contribution in [2.45, 2.75) is 25.4 Å². The van der Waals surface area contributed by atoms with Crippen LogP contribution in [-0.4, -0.2) is 4.98 Å². The largest absolute Gasteiger partial charge is 0.300 e. The van der Waals surface area contributed by atoms with E-state index in [0.29, 0.717) is 6.04 Å². The minimum atomic E-state index is 0.280. The summed E-state index contributed by atoms with van der Waals surface area (Å²) in [6.07, 6.45) is 2.91. The van der Waals surface area contributed by atoms with Gasteiger partial charge in [-0.25, -0.2) is 4.98 Å². The van der Waals surface area contributed by atoms with Crippen molar-refractivity contribution in [2.75, 3.05) is 0 Å². The summed E-state index contributed by atoms with van der Waals surface area (Å²) in [6, 6.07) is 9.30. The highest BCUT2D eigenvalue weighted by atomic mass is 32.1. The molecule has 3 rings (SSSR count). The second-order valence-electron chi connectivity index (χ2n) is 4.61. The highest BCUT2D eigenvalue weighted by molar-refractivity contribution is 7.10. The van der Waals surface area contributed by atoms with Crippen LogP contribution in [0.3, 0.4) is 0 Å². The third-order valence-electron chi connectivity index (χ3n) is 3.15. The molecule has 3 aromatic rings. The fraction of sp³-hybridized carbons (Fsp3) is 0.267. The van der Waals surface area contributed by atoms with E-state index in [-0.39, 0.29) is 6.04 Å². The summed E-state index contributed by atoms with van der Waals surface area (Å²) in [7, 11) is 0. The van der Waals surface area contributed by atoms with E-state index in [1.807, 2.05) is 34.3 Å².